The molecule has 2 aromatic heterocycles. The number of carbonyl (C=O) groups excluding carboxylic acids is 1. The molecular weight excluding hydrogens is 463 g/mol. The van der Waals surface area contributed by atoms with E-state index in [4.69, 9.17) is 16.1 Å². The van der Waals surface area contributed by atoms with E-state index in [0.29, 0.717) is 28.0 Å². The maximum atomic E-state index is 13.3. The Labute approximate surface area is 198 Å². The van der Waals surface area contributed by atoms with Crippen LogP contribution in [0.3, 0.4) is 0 Å². The minimum Gasteiger partial charge on any atom is -0.334 e. The van der Waals surface area contributed by atoms with Crippen molar-refractivity contribution in [1.82, 2.24) is 20.4 Å². The summed E-state index contributed by atoms with van der Waals surface area (Å²) in [4.78, 5) is 20.2. The van der Waals surface area contributed by atoms with Crippen LogP contribution in [0.2, 0.25) is 5.02 Å². The van der Waals surface area contributed by atoms with Gasteiger partial charge in [-0.15, -0.1) is 11.3 Å². The number of nitrogens with zero attached hydrogens (tertiary/aromatic N) is 3. The molecule has 0 fully saturated rings. The number of amides is 2. The van der Waals surface area contributed by atoms with Gasteiger partial charge in [-0.1, -0.05) is 47.1 Å². The second-order valence-electron chi connectivity index (χ2n) is 7.55. The molecule has 0 bridgehead atoms. The molecule has 2 amide bonds. The van der Waals surface area contributed by atoms with Crippen LogP contribution in [0.4, 0.5) is 9.18 Å². The lowest BCUT2D eigenvalue weighted by atomic mass is 9.94. The molecule has 5 rings (SSSR count). The van der Waals surface area contributed by atoms with E-state index < -0.39 is 6.04 Å². The van der Waals surface area contributed by atoms with Crippen molar-refractivity contribution in [3.8, 4) is 10.7 Å². The van der Waals surface area contributed by atoms with Gasteiger partial charge in [0.1, 0.15) is 5.82 Å². The number of allylic oxidation sites excluding steroid dienone is 1. The van der Waals surface area contributed by atoms with Crippen molar-refractivity contribution in [2.24, 2.45) is 0 Å². The largest absolute Gasteiger partial charge is 0.334 e. The van der Waals surface area contributed by atoms with E-state index in [1.807, 2.05) is 36.6 Å². The quantitative estimate of drug-likeness (QED) is 0.364. The van der Waals surface area contributed by atoms with E-state index in [0.717, 1.165) is 16.0 Å². The Morgan fingerprint density at radius 2 is 1.91 bits per heavy atom. The minimum atomic E-state index is -0.504. The summed E-state index contributed by atoms with van der Waals surface area (Å²) >= 11 is 7.59. The topological polar surface area (TPSA) is 71.3 Å². The minimum absolute atomic E-state index is 0.265. The van der Waals surface area contributed by atoms with Crippen molar-refractivity contribution in [2.45, 2.75) is 19.5 Å². The van der Waals surface area contributed by atoms with Crippen LogP contribution in [0, 0.1) is 5.82 Å². The molecule has 4 aromatic rings. The van der Waals surface area contributed by atoms with Gasteiger partial charge in [0.25, 0.3) is 5.89 Å². The number of rotatable bonds is 5. The molecule has 2 aromatic carbocycles. The summed E-state index contributed by atoms with van der Waals surface area (Å²) in [5.41, 5.74) is 2.98. The second kappa shape index (κ2) is 8.80. The zero-order valence-corrected chi connectivity index (χ0v) is 19.0. The fourth-order valence-corrected chi connectivity index (χ4v) is 4.54. The number of nitrogens with one attached hydrogen (secondary N) is 1. The lowest BCUT2D eigenvalue weighted by Gasteiger charge is -2.35. The summed E-state index contributed by atoms with van der Waals surface area (Å²) in [6.45, 7) is 2.11. The Morgan fingerprint density at radius 1 is 1.15 bits per heavy atom. The zero-order chi connectivity index (χ0) is 22.9. The van der Waals surface area contributed by atoms with Crippen molar-refractivity contribution in [3.05, 3.63) is 99.6 Å². The predicted octanol–water partition coefficient (Wildman–Crippen LogP) is 6.29. The second-order valence-corrected chi connectivity index (χ2v) is 8.93. The molecular formula is C24H18ClFN4O2S. The van der Waals surface area contributed by atoms with Crippen LogP contribution in [0.5, 0.6) is 0 Å². The highest BCUT2D eigenvalue weighted by molar-refractivity contribution is 7.13. The van der Waals surface area contributed by atoms with Gasteiger partial charge in [-0.2, -0.15) is 4.98 Å². The molecule has 9 heteroatoms. The normalized spacial score (nSPS) is 16.3. The summed E-state index contributed by atoms with van der Waals surface area (Å²) in [7, 11) is 0. The summed E-state index contributed by atoms with van der Waals surface area (Å²) in [6, 6.07) is 16.4. The fraction of sp³-hybridized carbons (Fsp3) is 0.125. The molecule has 1 aliphatic rings. The lowest BCUT2D eigenvalue weighted by molar-refractivity contribution is 0.203. The van der Waals surface area contributed by atoms with Crippen molar-refractivity contribution >= 4 is 34.5 Å². The molecule has 6 nitrogen and oxygen atoms in total. The Balaban J connectivity index is 1.59. The van der Waals surface area contributed by atoms with Gasteiger partial charge in [0.15, 0.2) is 0 Å². The lowest BCUT2D eigenvalue weighted by Crippen LogP contribution is -2.45. The number of thiophene rings is 1. The van der Waals surface area contributed by atoms with Crippen LogP contribution in [0.15, 0.2) is 76.3 Å². The number of halogens is 2. The molecule has 1 atom stereocenters. The number of aromatic nitrogens is 2. The number of carbonyl (C=O) groups is 1. The summed E-state index contributed by atoms with van der Waals surface area (Å²) in [5, 5.41) is 9.73. The third-order valence-electron chi connectivity index (χ3n) is 5.45. The molecule has 0 saturated heterocycles. The number of urea groups is 1. The highest BCUT2D eigenvalue weighted by Crippen LogP contribution is 2.38. The average molecular weight is 481 g/mol. The molecule has 0 spiro atoms. The van der Waals surface area contributed by atoms with Crippen LogP contribution in [0.25, 0.3) is 16.3 Å². The highest BCUT2D eigenvalue weighted by atomic mass is 35.5. The monoisotopic (exact) mass is 480 g/mol. The van der Waals surface area contributed by atoms with Gasteiger partial charge in [-0.3, -0.25) is 4.90 Å². The first-order valence-electron chi connectivity index (χ1n) is 10.2. The summed E-state index contributed by atoms with van der Waals surface area (Å²) in [5.74, 6) is 0.474. The van der Waals surface area contributed by atoms with E-state index in [9.17, 15) is 9.18 Å². The smallest absolute Gasteiger partial charge is 0.322 e. The Morgan fingerprint density at radius 3 is 2.61 bits per heavy atom. The van der Waals surface area contributed by atoms with E-state index >= 15 is 0 Å². The van der Waals surface area contributed by atoms with Gasteiger partial charge in [0.2, 0.25) is 5.82 Å². The van der Waals surface area contributed by atoms with Crippen LogP contribution >= 0.6 is 22.9 Å². The SMILES string of the molecule is CC1=C(c2nc(-c3cccs3)no2)C(c2ccc(Cl)cc2)NC(=O)N1Cc1ccc(F)cc1. The van der Waals surface area contributed by atoms with Crippen LogP contribution in [-0.4, -0.2) is 21.1 Å². The number of hydrogen-bond acceptors (Lipinski definition) is 5. The van der Waals surface area contributed by atoms with Gasteiger partial charge in [0.05, 0.1) is 23.0 Å². The molecule has 1 N–H and O–H groups in total. The van der Waals surface area contributed by atoms with Crippen molar-refractivity contribution < 1.29 is 13.7 Å². The first-order chi connectivity index (χ1) is 16.0. The van der Waals surface area contributed by atoms with Crippen LogP contribution in [0.1, 0.15) is 30.0 Å². The molecule has 1 aliphatic heterocycles. The third-order valence-corrected chi connectivity index (χ3v) is 6.57. The van der Waals surface area contributed by atoms with E-state index in [2.05, 4.69) is 15.5 Å². The first kappa shape index (κ1) is 21.4. The van der Waals surface area contributed by atoms with Crippen LogP contribution in [-0.2, 0) is 6.54 Å². The average Bonchev–Trinajstić information content (AvgIpc) is 3.50. The van der Waals surface area contributed by atoms with Crippen molar-refractivity contribution in [3.63, 3.8) is 0 Å². The van der Waals surface area contributed by atoms with Crippen molar-refractivity contribution in [1.29, 1.82) is 0 Å². The molecule has 0 aliphatic carbocycles. The van der Waals surface area contributed by atoms with E-state index in [1.54, 1.807) is 29.2 Å². The molecule has 0 saturated carbocycles. The molecule has 166 valence electrons. The maximum absolute atomic E-state index is 13.3. The summed E-state index contributed by atoms with van der Waals surface area (Å²) < 4.78 is 19.0. The third kappa shape index (κ3) is 4.27. The van der Waals surface area contributed by atoms with E-state index in [1.165, 1.54) is 23.5 Å². The molecule has 33 heavy (non-hydrogen) atoms. The van der Waals surface area contributed by atoms with Gasteiger partial charge >= 0.3 is 6.03 Å². The van der Waals surface area contributed by atoms with Crippen molar-refractivity contribution in [2.75, 3.05) is 0 Å². The highest BCUT2D eigenvalue weighted by Gasteiger charge is 2.35. The van der Waals surface area contributed by atoms with Crippen LogP contribution < -0.4 is 5.32 Å². The standard InChI is InChI=1S/C24H18ClFN4O2S/c1-14-20(23-28-22(29-32-23)19-3-2-12-33-19)21(16-6-8-17(25)9-7-16)27-24(31)30(14)13-15-4-10-18(26)11-5-15/h2-12,21H,13H2,1H3,(H,27,31). The van der Waals surface area contributed by atoms with E-state index in [-0.39, 0.29) is 18.4 Å². The van der Waals surface area contributed by atoms with Gasteiger partial charge in [-0.25, -0.2) is 9.18 Å². The molecule has 0 radical (unpaired) electrons. The Hall–Kier alpha value is -3.49. The maximum Gasteiger partial charge on any atom is 0.322 e. The Bertz CT molecular complexity index is 1320. The first-order valence-corrected chi connectivity index (χ1v) is 11.4. The Kier molecular flexibility index (Phi) is 5.70. The summed E-state index contributed by atoms with van der Waals surface area (Å²) in [6.07, 6.45) is 0. The zero-order valence-electron chi connectivity index (χ0n) is 17.5. The molecule has 1 unspecified atom stereocenters. The van der Waals surface area contributed by atoms with Gasteiger partial charge in [0, 0.05) is 10.7 Å². The van der Waals surface area contributed by atoms with Gasteiger partial charge in [-0.05, 0) is 53.8 Å². The number of hydrogen-bond donors (Lipinski definition) is 1. The number of benzene rings is 2. The van der Waals surface area contributed by atoms with Gasteiger partial charge < -0.3 is 9.84 Å². The fourth-order valence-electron chi connectivity index (χ4n) is 3.77. The predicted molar refractivity (Wildman–Crippen MR) is 125 cm³/mol. The molecule has 3 heterocycles.